The van der Waals surface area contributed by atoms with Gasteiger partial charge in [0.05, 0.1) is 3.79 Å². The first kappa shape index (κ1) is 13.0. The summed E-state index contributed by atoms with van der Waals surface area (Å²) in [6, 6.07) is 15.9. The minimum Gasteiger partial charge on any atom is -0.487 e. The van der Waals surface area contributed by atoms with Gasteiger partial charge in [0.1, 0.15) is 12.4 Å². The molecule has 0 radical (unpaired) electrons. The summed E-state index contributed by atoms with van der Waals surface area (Å²) >= 11 is 11.3. The topological polar surface area (TPSA) is 9.23 Å². The molecule has 2 aromatic carbocycles. The summed E-state index contributed by atoms with van der Waals surface area (Å²) in [5.41, 5.74) is 0. The SMILES string of the molecule is Clc1ccc(OCc2ccc(Br)s2)c2ccccc12. The van der Waals surface area contributed by atoms with Crippen molar-refractivity contribution in [1.82, 2.24) is 0 Å². The minimum absolute atomic E-state index is 0.571. The van der Waals surface area contributed by atoms with Crippen LogP contribution in [0.5, 0.6) is 5.75 Å². The summed E-state index contributed by atoms with van der Waals surface area (Å²) in [5, 5.41) is 2.82. The fourth-order valence-corrected chi connectivity index (χ4v) is 3.56. The second-order valence-corrected chi connectivity index (χ2v) is 7.04. The number of hydrogen-bond donors (Lipinski definition) is 0. The van der Waals surface area contributed by atoms with E-state index in [1.54, 1.807) is 11.3 Å². The van der Waals surface area contributed by atoms with E-state index in [1.165, 1.54) is 4.88 Å². The average Bonchev–Trinajstić information content (AvgIpc) is 2.84. The fourth-order valence-electron chi connectivity index (χ4n) is 1.94. The molecule has 0 amide bonds. The number of rotatable bonds is 3. The van der Waals surface area contributed by atoms with Gasteiger partial charge in [-0.05, 0) is 40.2 Å². The van der Waals surface area contributed by atoms with E-state index in [-0.39, 0.29) is 0 Å². The molecule has 0 fully saturated rings. The molecule has 0 saturated heterocycles. The Morgan fingerprint density at radius 2 is 1.79 bits per heavy atom. The van der Waals surface area contributed by atoms with Gasteiger partial charge in [-0.1, -0.05) is 35.9 Å². The van der Waals surface area contributed by atoms with Crippen molar-refractivity contribution in [3.05, 3.63) is 62.2 Å². The summed E-state index contributed by atoms with van der Waals surface area (Å²) < 4.78 is 7.02. The lowest BCUT2D eigenvalue weighted by molar-refractivity contribution is 0.313. The zero-order valence-electron chi connectivity index (χ0n) is 9.90. The molecule has 0 bridgehead atoms. The van der Waals surface area contributed by atoms with Crippen LogP contribution in [0.25, 0.3) is 10.8 Å². The molecule has 19 heavy (non-hydrogen) atoms. The van der Waals surface area contributed by atoms with Crippen LogP contribution in [0.4, 0.5) is 0 Å². The molecule has 0 saturated carbocycles. The van der Waals surface area contributed by atoms with Crippen LogP contribution in [0.3, 0.4) is 0 Å². The zero-order chi connectivity index (χ0) is 13.2. The molecule has 0 atom stereocenters. The maximum atomic E-state index is 6.19. The van der Waals surface area contributed by atoms with Gasteiger partial charge in [-0.25, -0.2) is 0 Å². The predicted octanol–water partition coefficient (Wildman–Crippen LogP) is 5.90. The highest BCUT2D eigenvalue weighted by Gasteiger charge is 2.06. The summed E-state index contributed by atoms with van der Waals surface area (Å²) in [4.78, 5) is 1.19. The maximum Gasteiger partial charge on any atom is 0.127 e. The van der Waals surface area contributed by atoms with Crippen LogP contribution in [0, 0.1) is 0 Å². The van der Waals surface area contributed by atoms with Crippen molar-refractivity contribution in [2.24, 2.45) is 0 Å². The molecule has 1 nitrogen and oxygen atoms in total. The van der Waals surface area contributed by atoms with Gasteiger partial charge in [-0.2, -0.15) is 0 Å². The molecule has 0 unspecified atom stereocenters. The highest BCUT2D eigenvalue weighted by Crippen LogP contribution is 2.32. The Kier molecular flexibility index (Phi) is 3.78. The number of hydrogen-bond acceptors (Lipinski definition) is 2. The van der Waals surface area contributed by atoms with Gasteiger partial charge >= 0.3 is 0 Å². The van der Waals surface area contributed by atoms with Crippen LogP contribution in [0.1, 0.15) is 4.88 Å². The van der Waals surface area contributed by atoms with Gasteiger partial charge in [0.15, 0.2) is 0 Å². The fraction of sp³-hybridized carbons (Fsp3) is 0.0667. The number of fused-ring (bicyclic) bond motifs is 1. The lowest BCUT2D eigenvalue weighted by atomic mass is 10.1. The summed E-state index contributed by atoms with van der Waals surface area (Å²) in [6.45, 7) is 0.571. The second kappa shape index (κ2) is 5.53. The van der Waals surface area contributed by atoms with Gasteiger partial charge in [-0.3, -0.25) is 0 Å². The number of thiophene rings is 1. The molecular weight excluding hydrogens is 344 g/mol. The number of benzene rings is 2. The molecule has 0 aliphatic carbocycles. The highest BCUT2D eigenvalue weighted by molar-refractivity contribution is 9.11. The van der Waals surface area contributed by atoms with Gasteiger partial charge in [0.2, 0.25) is 0 Å². The van der Waals surface area contributed by atoms with E-state index in [4.69, 9.17) is 16.3 Å². The summed E-state index contributed by atoms with van der Waals surface area (Å²) in [5.74, 6) is 0.865. The first-order valence-electron chi connectivity index (χ1n) is 5.78. The van der Waals surface area contributed by atoms with Crippen LogP contribution in [-0.4, -0.2) is 0 Å². The van der Waals surface area contributed by atoms with Crippen molar-refractivity contribution in [2.45, 2.75) is 6.61 Å². The Labute approximate surface area is 128 Å². The Morgan fingerprint density at radius 3 is 2.53 bits per heavy atom. The summed E-state index contributed by atoms with van der Waals surface area (Å²) in [7, 11) is 0. The quantitative estimate of drug-likeness (QED) is 0.570. The normalized spacial score (nSPS) is 10.8. The van der Waals surface area contributed by atoms with Crippen molar-refractivity contribution >= 4 is 49.6 Å². The third-order valence-electron chi connectivity index (χ3n) is 2.83. The van der Waals surface area contributed by atoms with Crippen molar-refractivity contribution in [3.63, 3.8) is 0 Å². The first-order chi connectivity index (χ1) is 9.24. The lowest BCUT2D eigenvalue weighted by Gasteiger charge is -2.09. The van der Waals surface area contributed by atoms with E-state index in [1.807, 2.05) is 42.5 Å². The molecule has 0 N–H and O–H groups in total. The van der Waals surface area contributed by atoms with Crippen LogP contribution >= 0.6 is 38.9 Å². The van der Waals surface area contributed by atoms with Crippen molar-refractivity contribution in [2.75, 3.05) is 0 Å². The predicted molar refractivity (Wildman–Crippen MR) is 85.3 cm³/mol. The Bertz CT molecular complexity index is 723. The van der Waals surface area contributed by atoms with Crippen molar-refractivity contribution in [1.29, 1.82) is 0 Å². The Hall–Kier alpha value is -1.03. The van der Waals surface area contributed by atoms with Crippen LogP contribution in [0.2, 0.25) is 5.02 Å². The molecule has 3 aromatic rings. The van der Waals surface area contributed by atoms with E-state index >= 15 is 0 Å². The molecule has 1 heterocycles. The van der Waals surface area contributed by atoms with E-state index in [0.717, 1.165) is 25.3 Å². The van der Waals surface area contributed by atoms with Gasteiger partial charge in [-0.15, -0.1) is 11.3 Å². The average molecular weight is 354 g/mol. The largest absolute Gasteiger partial charge is 0.487 e. The molecule has 96 valence electrons. The standard InChI is InChI=1S/C15H10BrClOS/c16-15-8-5-10(19-15)9-18-14-7-6-13(17)11-3-1-2-4-12(11)14/h1-8H,9H2. The lowest BCUT2D eigenvalue weighted by Crippen LogP contribution is -1.93. The number of halogens is 2. The van der Waals surface area contributed by atoms with Gasteiger partial charge < -0.3 is 4.74 Å². The maximum absolute atomic E-state index is 6.19. The molecule has 1 aromatic heterocycles. The van der Waals surface area contributed by atoms with E-state index in [2.05, 4.69) is 22.0 Å². The van der Waals surface area contributed by atoms with Crippen LogP contribution in [0.15, 0.2) is 52.3 Å². The Morgan fingerprint density at radius 1 is 1.00 bits per heavy atom. The second-order valence-electron chi connectivity index (χ2n) is 4.09. The first-order valence-corrected chi connectivity index (χ1v) is 7.77. The third kappa shape index (κ3) is 2.78. The molecular formula is C15H10BrClOS. The number of ether oxygens (including phenoxy) is 1. The smallest absolute Gasteiger partial charge is 0.127 e. The van der Waals surface area contributed by atoms with Crippen molar-refractivity contribution in [3.8, 4) is 5.75 Å². The van der Waals surface area contributed by atoms with Crippen LogP contribution in [-0.2, 0) is 6.61 Å². The molecule has 3 rings (SSSR count). The highest BCUT2D eigenvalue weighted by atomic mass is 79.9. The molecule has 0 aliphatic heterocycles. The third-order valence-corrected chi connectivity index (χ3v) is 4.76. The summed E-state index contributed by atoms with van der Waals surface area (Å²) in [6.07, 6.45) is 0. The van der Waals surface area contributed by atoms with E-state index in [9.17, 15) is 0 Å². The molecule has 4 heteroatoms. The molecule has 0 aliphatic rings. The Balaban J connectivity index is 1.91. The van der Waals surface area contributed by atoms with Crippen molar-refractivity contribution < 1.29 is 4.74 Å². The van der Waals surface area contributed by atoms with E-state index < -0.39 is 0 Å². The minimum atomic E-state index is 0.571. The van der Waals surface area contributed by atoms with Crippen LogP contribution < -0.4 is 4.74 Å². The monoisotopic (exact) mass is 352 g/mol. The zero-order valence-corrected chi connectivity index (χ0v) is 13.1. The van der Waals surface area contributed by atoms with E-state index in [0.29, 0.717) is 6.61 Å². The van der Waals surface area contributed by atoms with Gasteiger partial charge in [0, 0.05) is 20.7 Å². The van der Waals surface area contributed by atoms with Gasteiger partial charge in [0.25, 0.3) is 0 Å². The molecule has 0 spiro atoms.